The van der Waals surface area contributed by atoms with E-state index in [1.807, 2.05) is 37.3 Å². The molecule has 0 aliphatic rings. The van der Waals surface area contributed by atoms with E-state index in [0.29, 0.717) is 24.3 Å². The molecule has 0 aliphatic heterocycles. The Kier molecular flexibility index (Phi) is 5.72. The summed E-state index contributed by atoms with van der Waals surface area (Å²) in [5.74, 6) is 0.357. The highest BCUT2D eigenvalue weighted by molar-refractivity contribution is 5.96. The second-order valence-corrected chi connectivity index (χ2v) is 4.87. The lowest BCUT2D eigenvalue weighted by Gasteiger charge is -2.13. The van der Waals surface area contributed by atoms with Crippen molar-refractivity contribution >= 4 is 12.2 Å². The monoisotopic (exact) mass is 297 g/mol. The molecule has 0 aromatic heterocycles. The van der Waals surface area contributed by atoms with Gasteiger partial charge in [-0.1, -0.05) is 36.4 Å². The zero-order valence-electron chi connectivity index (χ0n) is 12.5. The van der Waals surface area contributed by atoms with Crippen LogP contribution in [0.25, 0.3) is 0 Å². The molecule has 114 valence electrons. The number of benzene rings is 2. The Morgan fingerprint density at radius 1 is 1.18 bits per heavy atom. The van der Waals surface area contributed by atoms with E-state index in [0.717, 1.165) is 11.8 Å². The zero-order chi connectivity index (χ0) is 15.8. The van der Waals surface area contributed by atoms with Gasteiger partial charge < -0.3 is 14.8 Å². The number of hydrogen-bond donors (Lipinski definition) is 1. The average molecular weight is 297 g/mol. The van der Waals surface area contributed by atoms with Crippen molar-refractivity contribution in [1.29, 1.82) is 0 Å². The lowest BCUT2D eigenvalue weighted by molar-refractivity contribution is -0.109. The van der Waals surface area contributed by atoms with Crippen LogP contribution in [-0.2, 0) is 11.2 Å². The summed E-state index contributed by atoms with van der Waals surface area (Å²) in [5.41, 5.74) is 1.48. The van der Waals surface area contributed by atoms with Gasteiger partial charge in [-0.15, -0.1) is 0 Å². The first-order chi connectivity index (χ1) is 10.7. The van der Waals surface area contributed by atoms with E-state index in [9.17, 15) is 9.59 Å². The van der Waals surface area contributed by atoms with Crippen LogP contribution in [0.5, 0.6) is 5.75 Å². The minimum absolute atomic E-state index is 0.283. The maximum Gasteiger partial charge on any atom is 0.251 e. The summed E-state index contributed by atoms with van der Waals surface area (Å²) in [6, 6.07) is 16.0. The van der Waals surface area contributed by atoms with E-state index < -0.39 is 6.04 Å². The molecule has 0 heterocycles. The van der Waals surface area contributed by atoms with Crippen LogP contribution in [0.4, 0.5) is 0 Å². The standard InChI is InChI=1S/C18H19NO3/c1-2-22-17-10-6-9-15(12-17)18(21)19-16(13-20)11-14-7-4-3-5-8-14/h3-10,12-13,16H,2,11H2,1H3,(H,19,21). The second-order valence-electron chi connectivity index (χ2n) is 4.87. The molecule has 1 N–H and O–H groups in total. The summed E-state index contributed by atoms with van der Waals surface area (Å²) in [5, 5.41) is 2.74. The van der Waals surface area contributed by atoms with Crippen molar-refractivity contribution in [3.8, 4) is 5.75 Å². The quantitative estimate of drug-likeness (QED) is 0.799. The Morgan fingerprint density at radius 2 is 1.95 bits per heavy atom. The molecule has 4 nitrogen and oxygen atoms in total. The average Bonchev–Trinajstić information content (AvgIpc) is 2.55. The molecule has 1 unspecified atom stereocenters. The van der Waals surface area contributed by atoms with Gasteiger partial charge in [0.1, 0.15) is 12.0 Å². The van der Waals surface area contributed by atoms with Gasteiger partial charge in [-0.3, -0.25) is 4.79 Å². The second kappa shape index (κ2) is 7.98. The fraction of sp³-hybridized carbons (Fsp3) is 0.222. The molecular formula is C18H19NO3. The third-order valence-corrected chi connectivity index (χ3v) is 3.19. The van der Waals surface area contributed by atoms with Gasteiger partial charge >= 0.3 is 0 Å². The number of ether oxygens (including phenoxy) is 1. The van der Waals surface area contributed by atoms with E-state index in [1.165, 1.54) is 0 Å². The molecule has 2 aromatic rings. The summed E-state index contributed by atoms with van der Waals surface area (Å²) in [7, 11) is 0. The van der Waals surface area contributed by atoms with E-state index in [-0.39, 0.29) is 5.91 Å². The highest BCUT2D eigenvalue weighted by Crippen LogP contribution is 2.13. The number of rotatable bonds is 7. The molecule has 1 amide bonds. The SMILES string of the molecule is CCOc1cccc(C(=O)NC(C=O)Cc2ccccc2)c1. The minimum atomic E-state index is -0.550. The minimum Gasteiger partial charge on any atom is -0.494 e. The van der Waals surface area contributed by atoms with Crippen molar-refractivity contribution in [3.05, 3.63) is 65.7 Å². The molecule has 0 bridgehead atoms. The number of aldehydes is 1. The Bertz CT molecular complexity index is 625. The normalized spacial score (nSPS) is 11.5. The van der Waals surface area contributed by atoms with Crippen LogP contribution < -0.4 is 10.1 Å². The van der Waals surface area contributed by atoms with Crippen LogP contribution in [0.3, 0.4) is 0 Å². The molecule has 4 heteroatoms. The van der Waals surface area contributed by atoms with E-state index in [2.05, 4.69) is 5.32 Å². The summed E-state index contributed by atoms with van der Waals surface area (Å²) in [6.07, 6.45) is 1.23. The Balaban J connectivity index is 2.02. The maximum absolute atomic E-state index is 12.2. The van der Waals surface area contributed by atoms with Crippen LogP contribution in [0.2, 0.25) is 0 Å². The summed E-state index contributed by atoms with van der Waals surface area (Å²) in [6.45, 7) is 2.42. The van der Waals surface area contributed by atoms with Gasteiger partial charge in [0.05, 0.1) is 12.6 Å². The maximum atomic E-state index is 12.2. The summed E-state index contributed by atoms with van der Waals surface area (Å²) < 4.78 is 5.37. The molecule has 0 aliphatic carbocycles. The highest BCUT2D eigenvalue weighted by atomic mass is 16.5. The van der Waals surface area contributed by atoms with Crippen LogP contribution >= 0.6 is 0 Å². The van der Waals surface area contributed by atoms with Gasteiger partial charge in [0.2, 0.25) is 0 Å². The van der Waals surface area contributed by atoms with Gasteiger partial charge in [0, 0.05) is 5.56 Å². The topological polar surface area (TPSA) is 55.4 Å². The molecule has 0 saturated heterocycles. The number of amides is 1. The lowest BCUT2D eigenvalue weighted by Crippen LogP contribution is -2.37. The fourth-order valence-corrected chi connectivity index (χ4v) is 2.15. The molecule has 22 heavy (non-hydrogen) atoms. The predicted octanol–water partition coefficient (Wildman–Crippen LogP) is 2.63. The van der Waals surface area contributed by atoms with Gasteiger partial charge in [0.25, 0.3) is 5.91 Å². The first kappa shape index (κ1) is 15.8. The Labute approximate surface area is 130 Å². The van der Waals surface area contributed by atoms with E-state index in [1.54, 1.807) is 24.3 Å². The highest BCUT2D eigenvalue weighted by Gasteiger charge is 2.14. The van der Waals surface area contributed by atoms with Crippen molar-refractivity contribution in [2.45, 2.75) is 19.4 Å². The van der Waals surface area contributed by atoms with Crippen LogP contribution in [-0.4, -0.2) is 24.8 Å². The van der Waals surface area contributed by atoms with Crippen LogP contribution in [0, 0.1) is 0 Å². The molecule has 0 radical (unpaired) electrons. The van der Waals surface area contributed by atoms with Crippen molar-refractivity contribution < 1.29 is 14.3 Å². The smallest absolute Gasteiger partial charge is 0.251 e. The third kappa shape index (κ3) is 4.45. The molecular weight excluding hydrogens is 278 g/mol. The fourth-order valence-electron chi connectivity index (χ4n) is 2.15. The molecule has 0 spiro atoms. The Hall–Kier alpha value is -2.62. The van der Waals surface area contributed by atoms with Crippen LogP contribution in [0.15, 0.2) is 54.6 Å². The van der Waals surface area contributed by atoms with Gasteiger partial charge in [-0.05, 0) is 37.1 Å². The number of nitrogens with one attached hydrogen (secondary N) is 1. The third-order valence-electron chi connectivity index (χ3n) is 3.19. The van der Waals surface area contributed by atoms with Gasteiger partial charge in [0.15, 0.2) is 0 Å². The molecule has 0 fully saturated rings. The van der Waals surface area contributed by atoms with Crippen molar-refractivity contribution in [3.63, 3.8) is 0 Å². The van der Waals surface area contributed by atoms with E-state index in [4.69, 9.17) is 4.74 Å². The van der Waals surface area contributed by atoms with Crippen molar-refractivity contribution in [1.82, 2.24) is 5.32 Å². The van der Waals surface area contributed by atoms with Crippen molar-refractivity contribution in [2.75, 3.05) is 6.61 Å². The largest absolute Gasteiger partial charge is 0.494 e. The summed E-state index contributed by atoms with van der Waals surface area (Å²) >= 11 is 0. The molecule has 2 rings (SSSR count). The zero-order valence-corrected chi connectivity index (χ0v) is 12.5. The molecule has 2 aromatic carbocycles. The van der Waals surface area contributed by atoms with Gasteiger partial charge in [-0.25, -0.2) is 0 Å². The van der Waals surface area contributed by atoms with E-state index >= 15 is 0 Å². The first-order valence-corrected chi connectivity index (χ1v) is 7.26. The predicted molar refractivity (Wildman–Crippen MR) is 85.1 cm³/mol. The number of hydrogen-bond acceptors (Lipinski definition) is 3. The lowest BCUT2D eigenvalue weighted by atomic mass is 10.1. The van der Waals surface area contributed by atoms with Gasteiger partial charge in [-0.2, -0.15) is 0 Å². The van der Waals surface area contributed by atoms with Crippen molar-refractivity contribution in [2.24, 2.45) is 0 Å². The molecule has 1 atom stereocenters. The Morgan fingerprint density at radius 3 is 2.64 bits per heavy atom. The molecule has 0 saturated carbocycles. The van der Waals surface area contributed by atoms with Crippen LogP contribution in [0.1, 0.15) is 22.8 Å². The number of carbonyl (C=O) groups is 2. The first-order valence-electron chi connectivity index (χ1n) is 7.26. The summed E-state index contributed by atoms with van der Waals surface area (Å²) in [4.78, 5) is 23.4. The number of carbonyl (C=O) groups excluding carboxylic acids is 2.